The van der Waals surface area contributed by atoms with Gasteiger partial charge >= 0.3 is 0 Å². The first-order chi connectivity index (χ1) is 8.23. The lowest BCUT2D eigenvalue weighted by Crippen LogP contribution is -2.53. The minimum absolute atomic E-state index is 0.135. The van der Waals surface area contributed by atoms with Gasteiger partial charge in [0, 0.05) is 18.1 Å². The van der Waals surface area contributed by atoms with Crippen molar-refractivity contribution in [2.75, 3.05) is 13.1 Å². The quantitative estimate of drug-likeness (QED) is 0.817. The molecule has 1 unspecified atom stereocenters. The molecule has 17 heavy (non-hydrogen) atoms. The molecule has 1 atom stereocenters. The predicted molar refractivity (Wildman–Crippen MR) is 74.1 cm³/mol. The molecule has 2 fully saturated rings. The van der Waals surface area contributed by atoms with Crippen LogP contribution in [0.3, 0.4) is 0 Å². The van der Waals surface area contributed by atoms with Crippen LogP contribution in [0.15, 0.2) is 0 Å². The molecule has 1 aliphatic carbocycles. The van der Waals surface area contributed by atoms with Gasteiger partial charge in [0.15, 0.2) is 0 Å². The summed E-state index contributed by atoms with van der Waals surface area (Å²) in [6.45, 7) is 4.79. The molecule has 1 saturated heterocycles. The van der Waals surface area contributed by atoms with Gasteiger partial charge in [-0.2, -0.15) is 0 Å². The van der Waals surface area contributed by atoms with E-state index in [1.54, 1.807) is 0 Å². The monoisotopic (exact) mass is 238 g/mol. The topological polar surface area (TPSA) is 29.3 Å². The second-order valence-corrected chi connectivity index (χ2v) is 6.30. The summed E-state index contributed by atoms with van der Waals surface area (Å²) in [5.41, 5.74) is 6.75. The molecule has 0 spiro atoms. The van der Waals surface area contributed by atoms with Gasteiger partial charge in [-0.05, 0) is 38.6 Å². The molecule has 2 N–H and O–H groups in total. The van der Waals surface area contributed by atoms with Crippen molar-refractivity contribution >= 4 is 0 Å². The van der Waals surface area contributed by atoms with E-state index in [0.29, 0.717) is 0 Å². The number of hydrogen-bond donors (Lipinski definition) is 1. The van der Waals surface area contributed by atoms with Crippen LogP contribution in [0.4, 0.5) is 0 Å². The van der Waals surface area contributed by atoms with Gasteiger partial charge in [-0.3, -0.25) is 4.90 Å². The molecule has 0 aromatic rings. The van der Waals surface area contributed by atoms with Crippen LogP contribution in [0.1, 0.15) is 71.1 Å². The summed E-state index contributed by atoms with van der Waals surface area (Å²) in [4.78, 5) is 2.72. The Labute approximate surface area is 107 Å². The molecule has 100 valence electrons. The van der Waals surface area contributed by atoms with Crippen LogP contribution < -0.4 is 5.73 Å². The fourth-order valence-corrected chi connectivity index (χ4v) is 3.73. The lowest BCUT2D eigenvalue weighted by molar-refractivity contribution is 0.128. The zero-order chi connectivity index (χ0) is 12.1. The van der Waals surface area contributed by atoms with Gasteiger partial charge in [-0.15, -0.1) is 0 Å². The second-order valence-electron chi connectivity index (χ2n) is 6.30. The Kier molecular flexibility index (Phi) is 4.87. The first-order valence-corrected chi connectivity index (χ1v) is 7.76. The van der Waals surface area contributed by atoms with Crippen LogP contribution in [0.2, 0.25) is 0 Å². The average molecular weight is 238 g/mol. The van der Waals surface area contributed by atoms with Gasteiger partial charge < -0.3 is 5.73 Å². The normalized spacial score (nSPS) is 31.1. The van der Waals surface area contributed by atoms with E-state index < -0.39 is 0 Å². The lowest BCUT2D eigenvalue weighted by atomic mass is 9.82. The molecule has 0 radical (unpaired) electrons. The van der Waals surface area contributed by atoms with Gasteiger partial charge in [0.05, 0.1) is 0 Å². The van der Waals surface area contributed by atoms with Crippen molar-refractivity contribution in [1.82, 2.24) is 4.90 Å². The van der Waals surface area contributed by atoms with Crippen molar-refractivity contribution in [2.24, 2.45) is 5.73 Å². The van der Waals surface area contributed by atoms with Crippen molar-refractivity contribution in [3.8, 4) is 0 Å². The van der Waals surface area contributed by atoms with Crippen LogP contribution in [0.5, 0.6) is 0 Å². The zero-order valence-corrected chi connectivity index (χ0v) is 11.6. The molecule has 2 aliphatic rings. The molecule has 0 bridgehead atoms. The zero-order valence-electron chi connectivity index (χ0n) is 11.6. The van der Waals surface area contributed by atoms with Crippen molar-refractivity contribution in [3.63, 3.8) is 0 Å². The third kappa shape index (κ3) is 3.69. The Morgan fingerprint density at radius 2 is 1.76 bits per heavy atom. The summed E-state index contributed by atoms with van der Waals surface area (Å²) in [5.74, 6) is 0. The van der Waals surface area contributed by atoms with Crippen molar-refractivity contribution in [3.05, 3.63) is 0 Å². The maximum atomic E-state index is 6.62. The van der Waals surface area contributed by atoms with E-state index >= 15 is 0 Å². The second kappa shape index (κ2) is 6.19. The van der Waals surface area contributed by atoms with Crippen LogP contribution in [0, 0.1) is 0 Å². The third-order valence-electron chi connectivity index (χ3n) is 4.84. The maximum absolute atomic E-state index is 6.62. The van der Waals surface area contributed by atoms with Crippen LogP contribution >= 0.6 is 0 Å². The predicted octanol–water partition coefficient (Wildman–Crippen LogP) is 3.30. The van der Waals surface area contributed by atoms with E-state index in [4.69, 9.17) is 5.73 Å². The van der Waals surface area contributed by atoms with E-state index in [1.807, 2.05) is 0 Å². The minimum atomic E-state index is 0.135. The number of nitrogens with two attached hydrogens (primary N) is 1. The Hall–Kier alpha value is -0.0800. The standard InChI is InChI=1S/C15H30N2/c1-2-14-9-5-3-8-12-17(14)13-15(16)10-6-4-7-11-15/h14H,2-13,16H2,1H3. The molecule has 0 aromatic carbocycles. The third-order valence-corrected chi connectivity index (χ3v) is 4.84. The molecule has 2 heteroatoms. The minimum Gasteiger partial charge on any atom is -0.324 e. The van der Waals surface area contributed by atoms with Gasteiger partial charge in [0.2, 0.25) is 0 Å². The van der Waals surface area contributed by atoms with Crippen molar-refractivity contribution in [2.45, 2.75) is 82.7 Å². The molecule has 0 amide bonds. The average Bonchev–Trinajstić information content (AvgIpc) is 2.54. The smallest absolute Gasteiger partial charge is 0.0283 e. The SMILES string of the molecule is CCC1CCCCCN1CC1(N)CCCCC1. The highest BCUT2D eigenvalue weighted by Gasteiger charge is 2.32. The van der Waals surface area contributed by atoms with Crippen LogP contribution in [-0.2, 0) is 0 Å². The first kappa shape index (κ1) is 13.4. The fraction of sp³-hybridized carbons (Fsp3) is 1.00. The molecule has 1 saturated carbocycles. The Morgan fingerprint density at radius 1 is 1.06 bits per heavy atom. The van der Waals surface area contributed by atoms with E-state index in [2.05, 4.69) is 11.8 Å². The number of likely N-dealkylation sites (tertiary alicyclic amines) is 1. The van der Waals surface area contributed by atoms with Gasteiger partial charge in [0.25, 0.3) is 0 Å². The molecule has 0 aromatic heterocycles. The molecule has 1 aliphatic heterocycles. The molecular weight excluding hydrogens is 208 g/mol. The lowest BCUT2D eigenvalue weighted by Gasteiger charge is -2.40. The summed E-state index contributed by atoms with van der Waals surface area (Å²) < 4.78 is 0. The maximum Gasteiger partial charge on any atom is 0.0283 e. The highest BCUT2D eigenvalue weighted by molar-refractivity contribution is 4.92. The number of hydrogen-bond acceptors (Lipinski definition) is 2. The summed E-state index contributed by atoms with van der Waals surface area (Å²) in [6.07, 6.45) is 13.5. The summed E-state index contributed by atoms with van der Waals surface area (Å²) in [5, 5.41) is 0. The van der Waals surface area contributed by atoms with Gasteiger partial charge in [-0.25, -0.2) is 0 Å². The highest BCUT2D eigenvalue weighted by Crippen LogP contribution is 2.29. The van der Waals surface area contributed by atoms with E-state index in [1.165, 1.54) is 70.8 Å². The van der Waals surface area contributed by atoms with Crippen molar-refractivity contribution < 1.29 is 0 Å². The highest BCUT2D eigenvalue weighted by atomic mass is 15.2. The molecular formula is C15H30N2. The molecule has 1 heterocycles. The Bertz CT molecular complexity index is 221. The summed E-state index contributed by atoms with van der Waals surface area (Å²) in [6, 6.07) is 0.805. The Balaban J connectivity index is 1.93. The van der Waals surface area contributed by atoms with Gasteiger partial charge in [-0.1, -0.05) is 39.0 Å². The summed E-state index contributed by atoms with van der Waals surface area (Å²) in [7, 11) is 0. The van der Waals surface area contributed by atoms with E-state index in [-0.39, 0.29) is 5.54 Å². The van der Waals surface area contributed by atoms with Crippen LogP contribution in [0.25, 0.3) is 0 Å². The largest absolute Gasteiger partial charge is 0.324 e. The van der Waals surface area contributed by atoms with Crippen LogP contribution in [-0.4, -0.2) is 29.6 Å². The first-order valence-electron chi connectivity index (χ1n) is 7.76. The Morgan fingerprint density at radius 3 is 2.47 bits per heavy atom. The number of rotatable bonds is 3. The molecule has 2 rings (SSSR count). The van der Waals surface area contributed by atoms with Crippen molar-refractivity contribution in [1.29, 1.82) is 0 Å². The van der Waals surface area contributed by atoms with Gasteiger partial charge in [0.1, 0.15) is 0 Å². The fourth-order valence-electron chi connectivity index (χ4n) is 3.73. The number of nitrogens with zero attached hydrogens (tertiary/aromatic N) is 1. The van der Waals surface area contributed by atoms with E-state index in [9.17, 15) is 0 Å². The van der Waals surface area contributed by atoms with E-state index in [0.717, 1.165) is 12.6 Å². The molecule has 2 nitrogen and oxygen atoms in total. The summed E-state index contributed by atoms with van der Waals surface area (Å²) >= 11 is 0.